The van der Waals surface area contributed by atoms with Gasteiger partial charge in [0.05, 0.1) is 0 Å². The number of alkyl halides is 5. The summed E-state index contributed by atoms with van der Waals surface area (Å²) in [5.74, 6) is -4.76. The first-order chi connectivity index (χ1) is 9.37. The van der Waals surface area contributed by atoms with Crippen molar-refractivity contribution in [2.24, 2.45) is 0 Å². The number of rotatable bonds is 4. The van der Waals surface area contributed by atoms with E-state index in [2.05, 4.69) is 20.0 Å². The molecular weight excluding hydrogens is 297 g/mol. The molecule has 0 aromatic carbocycles. The van der Waals surface area contributed by atoms with E-state index in [0.29, 0.717) is 0 Å². The highest BCUT2D eigenvalue weighted by Crippen LogP contribution is 2.35. The Hall–Kier alpha value is -1.67. The Balaban J connectivity index is 2.99. The molecule has 0 radical (unpaired) electrons. The number of halogens is 5. The molecule has 0 aliphatic heterocycles. The number of nitrogens with one attached hydrogen (secondary N) is 1. The normalized spacial score (nSPS) is 13.2. The molecule has 120 valence electrons. The molecule has 0 unspecified atom stereocenters. The van der Waals surface area contributed by atoms with Gasteiger partial charge in [-0.2, -0.15) is 26.9 Å². The lowest BCUT2D eigenvalue weighted by atomic mass is 9.96. The molecule has 0 aliphatic rings. The van der Waals surface area contributed by atoms with Gasteiger partial charge >= 0.3 is 12.1 Å². The van der Waals surface area contributed by atoms with E-state index >= 15 is 0 Å². The van der Waals surface area contributed by atoms with E-state index in [1.165, 1.54) is 7.05 Å². The molecule has 9 heteroatoms. The van der Waals surface area contributed by atoms with Crippen LogP contribution in [0.4, 0.5) is 27.8 Å². The lowest BCUT2D eigenvalue weighted by Gasteiger charge is -2.21. The third-order valence-corrected chi connectivity index (χ3v) is 2.45. The smallest absolute Gasteiger partial charge is 0.456 e. The van der Waals surface area contributed by atoms with Gasteiger partial charge in [-0.1, -0.05) is 20.8 Å². The fourth-order valence-electron chi connectivity index (χ4n) is 1.21. The fraction of sp³-hybridized carbons (Fsp3) is 0.667. The molecule has 4 nitrogen and oxygen atoms in total. The number of hydrogen-bond donors (Lipinski definition) is 1. The van der Waals surface area contributed by atoms with Crippen LogP contribution in [-0.2, 0) is 5.41 Å². The summed E-state index contributed by atoms with van der Waals surface area (Å²) in [7, 11) is 1.53. The maximum atomic E-state index is 12.8. The molecule has 1 heterocycles. The van der Waals surface area contributed by atoms with E-state index in [9.17, 15) is 22.0 Å². The average Bonchev–Trinajstić information content (AvgIpc) is 2.33. The van der Waals surface area contributed by atoms with Gasteiger partial charge in [-0.05, 0) is 0 Å². The minimum Gasteiger partial charge on any atom is -0.471 e. The first-order valence-electron chi connectivity index (χ1n) is 6.01. The molecule has 1 N–H and O–H groups in total. The van der Waals surface area contributed by atoms with E-state index in [-0.39, 0.29) is 17.5 Å². The van der Waals surface area contributed by atoms with Crippen molar-refractivity contribution in [1.82, 2.24) is 9.97 Å². The molecule has 1 aromatic heterocycles. The quantitative estimate of drug-likeness (QED) is 0.866. The SMILES string of the molecule is CNc1cc(OCC(F)(F)C(F)(F)F)nc(C(C)(C)C)n1. The summed E-state index contributed by atoms with van der Waals surface area (Å²) in [6.07, 6.45) is -5.67. The van der Waals surface area contributed by atoms with Gasteiger partial charge in [-0.25, -0.2) is 4.98 Å². The van der Waals surface area contributed by atoms with Gasteiger partial charge in [-0.3, -0.25) is 0 Å². The van der Waals surface area contributed by atoms with Crippen LogP contribution in [0.3, 0.4) is 0 Å². The minimum atomic E-state index is -5.67. The molecule has 0 saturated carbocycles. The number of aromatic nitrogens is 2. The third kappa shape index (κ3) is 4.40. The number of hydrogen-bond acceptors (Lipinski definition) is 4. The Morgan fingerprint density at radius 2 is 1.67 bits per heavy atom. The Bertz CT molecular complexity index is 497. The van der Waals surface area contributed by atoms with Crippen molar-refractivity contribution in [2.45, 2.75) is 38.3 Å². The summed E-state index contributed by atoms with van der Waals surface area (Å²) in [6.45, 7) is 3.49. The van der Waals surface area contributed by atoms with Gasteiger partial charge in [0.25, 0.3) is 0 Å². The fourth-order valence-corrected chi connectivity index (χ4v) is 1.21. The maximum Gasteiger partial charge on any atom is 0.456 e. The first kappa shape index (κ1) is 17.4. The summed E-state index contributed by atoms with van der Waals surface area (Å²) in [6, 6.07) is 1.15. The zero-order valence-corrected chi connectivity index (χ0v) is 12.0. The predicted molar refractivity (Wildman–Crippen MR) is 66.8 cm³/mol. The van der Waals surface area contributed by atoms with Crippen molar-refractivity contribution < 1.29 is 26.7 Å². The number of anilines is 1. The molecule has 0 spiro atoms. The lowest BCUT2D eigenvalue weighted by molar-refractivity contribution is -0.290. The largest absolute Gasteiger partial charge is 0.471 e. The van der Waals surface area contributed by atoms with E-state index < -0.39 is 24.1 Å². The predicted octanol–water partition coefficient (Wildman–Crippen LogP) is 3.39. The number of nitrogens with zero attached hydrogens (tertiary/aromatic N) is 2. The highest BCUT2D eigenvalue weighted by atomic mass is 19.4. The zero-order chi connectivity index (χ0) is 16.5. The van der Waals surface area contributed by atoms with Crippen LogP contribution in [0.15, 0.2) is 6.07 Å². The lowest BCUT2D eigenvalue weighted by Crippen LogP contribution is -2.41. The Labute approximate surface area is 118 Å². The van der Waals surface area contributed by atoms with E-state index in [1.54, 1.807) is 20.8 Å². The van der Waals surface area contributed by atoms with Crippen LogP contribution in [0, 0.1) is 0 Å². The molecule has 0 fully saturated rings. The molecule has 0 atom stereocenters. The van der Waals surface area contributed by atoms with Crippen LogP contribution < -0.4 is 10.1 Å². The second-order valence-electron chi connectivity index (χ2n) is 5.41. The van der Waals surface area contributed by atoms with Crippen molar-refractivity contribution in [2.75, 3.05) is 19.0 Å². The third-order valence-electron chi connectivity index (χ3n) is 2.45. The zero-order valence-electron chi connectivity index (χ0n) is 12.0. The van der Waals surface area contributed by atoms with Crippen LogP contribution in [0.1, 0.15) is 26.6 Å². The Morgan fingerprint density at radius 1 is 1.10 bits per heavy atom. The highest BCUT2D eigenvalue weighted by Gasteiger charge is 2.58. The van der Waals surface area contributed by atoms with Crippen molar-refractivity contribution in [3.05, 3.63) is 11.9 Å². The monoisotopic (exact) mass is 313 g/mol. The average molecular weight is 313 g/mol. The van der Waals surface area contributed by atoms with Gasteiger partial charge in [0.2, 0.25) is 5.88 Å². The minimum absolute atomic E-state index is 0.264. The van der Waals surface area contributed by atoms with Crippen LogP contribution >= 0.6 is 0 Å². The van der Waals surface area contributed by atoms with Crippen LogP contribution in [0.25, 0.3) is 0 Å². The van der Waals surface area contributed by atoms with Crippen LogP contribution in [0.2, 0.25) is 0 Å². The molecular formula is C12H16F5N3O. The summed E-state index contributed by atoms with van der Waals surface area (Å²) in [5, 5.41) is 2.67. The van der Waals surface area contributed by atoms with Gasteiger partial charge < -0.3 is 10.1 Å². The number of ether oxygens (including phenoxy) is 1. The second-order valence-corrected chi connectivity index (χ2v) is 5.41. The summed E-state index contributed by atoms with van der Waals surface area (Å²) in [5.41, 5.74) is -0.516. The van der Waals surface area contributed by atoms with Gasteiger partial charge in [0, 0.05) is 18.5 Å². The standard InChI is InChI=1S/C12H16F5N3O/c1-10(2,3)9-19-7(18-4)5-8(20-9)21-6-11(13,14)12(15,16)17/h5H,6H2,1-4H3,(H,18,19,20). The molecule has 1 aromatic rings. The van der Waals surface area contributed by atoms with Gasteiger partial charge in [-0.15, -0.1) is 0 Å². The van der Waals surface area contributed by atoms with E-state index in [0.717, 1.165) is 6.07 Å². The van der Waals surface area contributed by atoms with E-state index in [1.807, 2.05) is 0 Å². The molecule has 0 bridgehead atoms. The van der Waals surface area contributed by atoms with Gasteiger partial charge in [0.15, 0.2) is 6.61 Å². The van der Waals surface area contributed by atoms with Crippen LogP contribution in [0.5, 0.6) is 5.88 Å². The van der Waals surface area contributed by atoms with Gasteiger partial charge in [0.1, 0.15) is 11.6 Å². The van der Waals surface area contributed by atoms with Crippen LogP contribution in [-0.4, -0.2) is 35.7 Å². The Morgan fingerprint density at radius 3 is 2.10 bits per heavy atom. The Kier molecular flexibility index (Phi) is 4.64. The topological polar surface area (TPSA) is 47.0 Å². The van der Waals surface area contributed by atoms with Crippen molar-refractivity contribution >= 4 is 5.82 Å². The molecule has 21 heavy (non-hydrogen) atoms. The first-order valence-corrected chi connectivity index (χ1v) is 6.01. The van der Waals surface area contributed by atoms with Crippen molar-refractivity contribution in [3.63, 3.8) is 0 Å². The highest BCUT2D eigenvalue weighted by molar-refractivity contribution is 5.38. The molecule has 0 amide bonds. The summed E-state index contributed by atoms with van der Waals surface area (Å²) >= 11 is 0. The summed E-state index contributed by atoms with van der Waals surface area (Å²) in [4.78, 5) is 7.97. The van der Waals surface area contributed by atoms with E-state index in [4.69, 9.17) is 0 Å². The second kappa shape index (κ2) is 5.61. The molecule has 1 rings (SSSR count). The molecule has 0 saturated heterocycles. The van der Waals surface area contributed by atoms with Crippen molar-refractivity contribution in [1.29, 1.82) is 0 Å². The maximum absolute atomic E-state index is 12.8. The summed E-state index contributed by atoms with van der Waals surface area (Å²) < 4.78 is 66.4. The van der Waals surface area contributed by atoms with Crippen molar-refractivity contribution in [3.8, 4) is 5.88 Å². The molecule has 0 aliphatic carbocycles.